The van der Waals surface area contributed by atoms with Gasteiger partial charge in [0, 0.05) is 11.1 Å². The van der Waals surface area contributed by atoms with Gasteiger partial charge in [-0.25, -0.2) is 4.98 Å². The van der Waals surface area contributed by atoms with Gasteiger partial charge in [-0.1, -0.05) is 30.3 Å². The number of rotatable bonds is 2. The van der Waals surface area contributed by atoms with Crippen molar-refractivity contribution < 1.29 is 6.21 Å². The van der Waals surface area contributed by atoms with Gasteiger partial charge in [-0.15, -0.1) is 0 Å². The Morgan fingerprint density at radius 1 is 1.11 bits per heavy atom. The molecule has 4 nitrogen and oxygen atoms in total. The Hall–Kier alpha value is -2.75. The number of ketones is 1. The van der Waals surface area contributed by atoms with Crippen LogP contribution >= 0.6 is 0 Å². The fourth-order valence-electron chi connectivity index (χ4n) is 1.93. The van der Waals surface area contributed by atoms with Gasteiger partial charge in [0.15, 0.2) is 7.20 Å². The zero-order chi connectivity index (χ0) is 14.1. The maximum Gasteiger partial charge on any atom is 0.258 e. The van der Waals surface area contributed by atoms with Crippen molar-refractivity contribution in [3.8, 4) is 0 Å². The van der Waals surface area contributed by atoms with Crippen LogP contribution in [0.3, 0.4) is 0 Å². The van der Waals surface area contributed by atoms with Crippen LogP contribution in [0.5, 0.6) is 0 Å². The third-order valence-electron chi connectivity index (χ3n) is 2.90. The maximum absolute atomic E-state index is 12.3. The lowest BCUT2D eigenvalue weighted by atomic mass is 10.0. The minimum absolute atomic E-state index is 0.160. The lowest BCUT2D eigenvalue weighted by molar-refractivity contribution is 0.103. The van der Waals surface area contributed by atoms with Crippen LogP contribution in [0, 0.1) is 0 Å². The van der Waals surface area contributed by atoms with Gasteiger partial charge in [0.1, 0.15) is 0 Å². The first-order chi connectivity index (χ1) is 9.66. The van der Waals surface area contributed by atoms with Gasteiger partial charge in [-0.2, -0.15) is 0 Å². The van der Waals surface area contributed by atoms with Gasteiger partial charge in [0.05, 0.1) is 17.2 Å². The van der Waals surface area contributed by atoms with E-state index in [0.717, 1.165) is 6.33 Å². The highest BCUT2D eigenvalue weighted by Gasteiger charge is 2.10. The number of nitrogens with one attached hydrogen (secondary N) is 1. The van der Waals surface area contributed by atoms with Crippen LogP contribution in [0.15, 0.2) is 59.7 Å². The highest BCUT2D eigenvalue weighted by molar-refractivity contribution is 6.10. The Labute approximate surface area is 110 Å². The fourth-order valence-corrected chi connectivity index (χ4v) is 1.93. The van der Waals surface area contributed by atoms with Crippen molar-refractivity contribution >= 4 is 16.7 Å². The SMILES string of the molecule is [2H]n1cnc2ccc(C(=O)c3ccccc3)cc2c1=O. The van der Waals surface area contributed by atoms with Gasteiger partial charge in [0.2, 0.25) is 0 Å². The van der Waals surface area contributed by atoms with Gasteiger partial charge in [-0.3, -0.25) is 9.59 Å². The number of carbonyl (C=O) groups excluding carboxylic acids is 1. The molecule has 0 atom stereocenters. The van der Waals surface area contributed by atoms with Crippen LogP contribution in [0.4, 0.5) is 0 Å². The number of aromatic amines is 1. The molecule has 1 N–H and O–H groups in total. The molecular formula is C15H10N2O2. The summed E-state index contributed by atoms with van der Waals surface area (Å²) in [7, 11) is 0. The zero-order valence-electron chi connectivity index (χ0n) is 10.9. The monoisotopic (exact) mass is 251 g/mol. The zero-order valence-corrected chi connectivity index (χ0v) is 9.91. The molecule has 3 rings (SSSR count). The minimum atomic E-state index is -0.488. The highest BCUT2D eigenvalue weighted by Crippen LogP contribution is 2.13. The Morgan fingerprint density at radius 3 is 2.68 bits per heavy atom. The Balaban J connectivity index is 2.16. The van der Waals surface area contributed by atoms with E-state index >= 15 is 0 Å². The van der Waals surface area contributed by atoms with E-state index in [-0.39, 0.29) is 11.2 Å². The molecule has 0 saturated carbocycles. The van der Waals surface area contributed by atoms with E-state index in [2.05, 4.69) is 4.98 Å². The summed E-state index contributed by atoms with van der Waals surface area (Å²) >= 11 is 0. The van der Waals surface area contributed by atoms with E-state index in [9.17, 15) is 9.59 Å². The first-order valence-corrected chi connectivity index (χ1v) is 5.77. The van der Waals surface area contributed by atoms with Gasteiger partial charge < -0.3 is 4.98 Å². The predicted molar refractivity (Wildman–Crippen MR) is 72.2 cm³/mol. The number of H-pyrrole nitrogens is 1. The Morgan fingerprint density at radius 2 is 1.89 bits per heavy atom. The normalized spacial score (nSPS) is 11.3. The van der Waals surface area contributed by atoms with Crippen molar-refractivity contribution in [2.45, 2.75) is 0 Å². The number of aromatic nitrogens is 2. The molecule has 3 aromatic rings. The quantitative estimate of drug-likeness (QED) is 0.710. The molecule has 0 aliphatic rings. The second kappa shape index (κ2) is 4.49. The molecule has 0 spiro atoms. The topological polar surface area (TPSA) is 62.8 Å². The average Bonchev–Trinajstić information content (AvgIpc) is 2.51. The number of benzene rings is 2. The summed E-state index contributed by atoms with van der Waals surface area (Å²) in [6, 6.07) is 13.6. The number of fused-ring (bicyclic) bond motifs is 1. The van der Waals surface area contributed by atoms with E-state index in [4.69, 9.17) is 1.41 Å². The molecular weight excluding hydrogens is 240 g/mol. The van der Waals surface area contributed by atoms with Crippen LogP contribution in [-0.4, -0.2) is 15.7 Å². The molecule has 0 aliphatic carbocycles. The summed E-state index contributed by atoms with van der Waals surface area (Å²) in [6.07, 6.45) is 1.14. The molecule has 1 heterocycles. The van der Waals surface area contributed by atoms with Crippen LogP contribution in [0.25, 0.3) is 10.9 Å². The second-order valence-electron chi connectivity index (χ2n) is 4.11. The predicted octanol–water partition coefficient (Wildman–Crippen LogP) is 2.15. The molecule has 0 bridgehead atoms. The van der Waals surface area contributed by atoms with E-state index in [1.807, 2.05) is 6.07 Å². The first kappa shape index (κ1) is 10.2. The summed E-state index contributed by atoms with van der Waals surface area (Å²) in [5.74, 6) is -0.160. The molecule has 19 heavy (non-hydrogen) atoms. The summed E-state index contributed by atoms with van der Waals surface area (Å²) < 4.78 is 7.40. The third kappa shape index (κ3) is 2.04. The summed E-state index contributed by atoms with van der Waals surface area (Å²) in [6.45, 7) is 0. The van der Waals surface area contributed by atoms with Crippen LogP contribution < -0.4 is 5.56 Å². The molecule has 0 saturated heterocycles. The van der Waals surface area contributed by atoms with Crippen LogP contribution in [-0.2, 0) is 0 Å². The smallest absolute Gasteiger partial charge is 0.258 e. The van der Waals surface area contributed by atoms with Gasteiger partial charge in [-0.05, 0) is 18.2 Å². The maximum atomic E-state index is 12.3. The van der Waals surface area contributed by atoms with E-state index < -0.39 is 5.56 Å². The number of hydrogen-bond acceptors (Lipinski definition) is 3. The minimum Gasteiger partial charge on any atom is -0.313 e. The third-order valence-corrected chi connectivity index (χ3v) is 2.90. The molecule has 2 aromatic carbocycles. The van der Waals surface area contributed by atoms with Crippen molar-refractivity contribution in [1.82, 2.24) is 9.96 Å². The van der Waals surface area contributed by atoms with Crippen molar-refractivity contribution in [3.63, 3.8) is 0 Å². The van der Waals surface area contributed by atoms with Crippen molar-refractivity contribution in [2.24, 2.45) is 0 Å². The highest BCUT2D eigenvalue weighted by atomic mass is 16.1. The fraction of sp³-hybridized carbons (Fsp3) is 0. The second-order valence-corrected chi connectivity index (χ2v) is 4.11. The average molecular weight is 251 g/mol. The van der Waals surface area contributed by atoms with Gasteiger partial charge in [0.25, 0.3) is 5.56 Å². The van der Waals surface area contributed by atoms with E-state index in [1.165, 1.54) is 6.07 Å². The summed E-state index contributed by atoms with van der Waals surface area (Å²) in [5, 5.41) is 0.268. The van der Waals surface area contributed by atoms with Gasteiger partial charge >= 0.3 is 0 Å². The molecule has 92 valence electrons. The van der Waals surface area contributed by atoms with E-state index in [1.54, 1.807) is 36.4 Å². The lowest BCUT2D eigenvalue weighted by Gasteiger charge is -2.02. The molecule has 0 aliphatic heterocycles. The molecule has 1 aromatic heterocycles. The number of hydrogen-bond donors (Lipinski definition) is 1. The first-order valence-electron chi connectivity index (χ1n) is 6.22. The molecule has 0 fully saturated rings. The molecule has 0 amide bonds. The standard InChI is InChI=1S/C15H10N2O2/c18-14(10-4-2-1-3-5-10)11-6-7-13-12(8-11)15(19)17-9-16-13/h1-9H,(H,16,17,19)/i/hD. The van der Waals surface area contributed by atoms with Crippen molar-refractivity contribution in [3.05, 3.63) is 76.3 Å². The van der Waals surface area contributed by atoms with Crippen molar-refractivity contribution in [2.75, 3.05) is 0 Å². The number of nitrogens with zero attached hydrogens (tertiary/aromatic N) is 1. The number of carbonyl (C=O) groups is 1. The van der Waals surface area contributed by atoms with Crippen molar-refractivity contribution in [1.29, 1.82) is 0 Å². The summed E-state index contributed by atoms with van der Waals surface area (Å²) in [5.41, 5.74) is 0.955. The van der Waals surface area contributed by atoms with E-state index in [0.29, 0.717) is 21.6 Å². The Bertz CT molecular complexity index is 857. The lowest BCUT2D eigenvalue weighted by Crippen LogP contribution is -2.08. The summed E-state index contributed by atoms with van der Waals surface area (Å²) in [4.78, 5) is 28.8. The van der Waals surface area contributed by atoms with Crippen LogP contribution in [0.2, 0.25) is 1.41 Å². The molecule has 0 unspecified atom stereocenters. The Kier molecular flexibility index (Phi) is 2.41. The van der Waals surface area contributed by atoms with Crippen LogP contribution in [0.1, 0.15) is 15.9 Å². The molecule has 4 heteroatoms. The molecule has 0 radical (unpaired) electrons. The largest absolute Gasteiger partial charge is 0.313 e.